The van der Waals surface area contributed by atoms with Crippen molar-refractivity contribution < 1.29 is 5.11 Å². The second-order valence-corrected chi connectivity index (χ2v) is 1.94. The molecule has 0 spiro atoms. The molecule has 0 aliphatic rings. The van der Waals surface area contributed by atoms with E-state index in [-0.39, 0.29) is 5.76 Å². The molecular formula is C7H13NO. The maximum Gasteiger partial charge on any atom is 0.108 e. The van der Waals surface area contributed by atoms with Crippen molar-refractivity contribution in [3.63, 3.8) is 0 Å². The van der Waals surface area contributed by atoms with Gasteiger partial charge in [0.25, 0.3) is 0 Å². The highest BCUT2D eigenvalue weighted by molar-refractivity contribution is 5.00. The molecule has 0 aromatic rings. The van der Waals surface area contributed by atoms with Crippen LogP contribution in [0.3, 0.4) is 0 Å². The number of nitrogens with two attached hydrogens (primary N) is 1. The van der Waals surface area contributed by atoms with Crippen LogP contribution in [-0.4, -0.2) is 5.11 Å². The van der Waals surface area contributed by atoms with Gasteiger partial charge in [-0.3, -0.25) is 0 Å². The Morgan fingerprint density at radius 2 is 2.33 bits per heavy atom. The van der Waals surface area contributed by atoms with Gasteiger partial charge in [-0.1, -0.05) is 6.08 Å². The highest BCUT2D eigenvalue weighted by atomic mass is 16.3. The standard InChI is InChI=1S/C7H13NO/c1-3-4-5-7(8)6(2)9/h3,9H,1,4-5,8H2,2H3/b7-6-. The Balaban J connectivity index is 3.62. The van der Waals surface area contributed by atoms with Gasteiger partial charge in [0, 0.05) is 5.70 Å². The first-order valence-electron chi connectivity index (χ1n) is 2.93. The fraction of sp³-hybridized carbons (Fsp3) is 0.429. The number of hydrogen-bond acceptors (Lipinski definition) is 2. The van der Waals surface area contributed by atoms with Crippen LogP contribution in [0.4, 0.5) is 0 Å². The van der Waals surface area contributed by atoms with Gasteiger partial charge >= 0.3 is 0 Å². The van der Waals surface area contributed by atoms with Crippen molar-refractivity contribution in [3.05, 3.63) is 24.1 Å². The maximum absolute atomic E-state index is 8.77. The number of hydrogen-bond donors (Lipinski definition) is 2. The monoisotopic (exact) mass is 127 g/mol. The van der Waals surface area contributed by atoms with Crippen molar-refractivity contribution in [2.75, 3.05) is 0 Å². The molecule has 0 radical (unpaired) electrons. The zero-order chi connectivity index (χ0) is 7.28. The van der Waals surface area contributed by atoms with Crippen LogP contribution in [0.25, 0.3) is 0 Å². The van der Waals surface area contributed by atoms with E-state index in [0.717, 1.165) is 6.42 Å². The molecule has 52 valence electrons. The summed E-state index contributed by atoms with van der Waals surface area (Å²) in [5, 5.41) is 8.77. The Morgan fingerprint density at radius 3 is 2.67 bits per heavy atom. The van der Waals surface area contributed by atoms with Crippen LogP contribution >= 0.6 is 0 Å². The first kappa shape index (κ1) is 8.08. The van der Waals surface area contributed by atoms with E-state index < -0.39 is 0 Å². The van der Waals surface area contributed by atoms with Crippen LogP contribution in [0, 0.1) is 0 Å². The van der Waals surface area contributed by atoms with E-state index in [1.165, 1.54) is 0 Å². The van der Waals surface area contributed by atoms with Crippen LogP contribution in [0.5, 0.6) is 0 Å². The molecule has 2 nitrogen and oxygen atoms in total. The van der Waals surface area contributed by atoms with Crippen LogP contribution in [0.1, 0.15) is 19.8 Å². The number of allylic oxidation sites excluding steroid dienone is 3. The lowest BCUT2D eigenvalue weighted by molar-refractivity contribution is 0.403. The molecule has 0 unspecified atom stereocenters. The van der Waals surface area contributed by atoms with Crippen LogP contribution in [0.15, 0.2) is 24.1 Å². The predicted molar refractivity (Wildman–Crippen MR) is 38.9 cm³/mol. The molecule has 3 N–H and O–H groups in total. The fourth-order valence-electron chi connectivity index (χ4n) is 0.438. The second kappa shape index (κ2) is 4.01. The van der Waals surface area contributed by atoms with Crippen molar-refractivity contribution >= 4 is 0 Å². The molecule has 0 aromatic heterocycles. The van der Waals surface area contributed by atoms with E-state index in [0.29, 0.717) is 12.1 Å². The van der Waals surface area contributed by atoms with Crippen molar-refractivity contribution in [2.45, 2.75) is 19.8 Å². The highest BCUT2D eigenvalue weighted by Gasteiger charge is 1.91. The van der Waals surface area contributed by atoms with Crippen molar-refractivity contribution in [1.29, 1.82) is 0 Å². The average molecular weight is 127 g/mol. The maximum atomic E-state index is 8.77. The summed E-state index contributed by atoms with van der Waals surface area (Å²) in [6.07, 6.45) is 3.30. The van der Waals surface area contributed by atoms with E-state index >= 15 is 0 Å². The minimum absolute atomic E-state index is 0.219. The molecule has 0 aliphatic heterocycles. The molecule has 0 bridgehead atoms. The van der Waals surface area contributed by atoms with E-state index in [2.05, 4.69) is 6.58 Å². The quantitative estimate of drug-likeness (QED) is 0.447. The zero-order valence-corrected chi connectivity index (χ0v) is 5.72. The van der Waals surface area contributed by atoms with E-state index in [4.69, 9.17) is 10.8 Å². The normalized spacial score (nSPS) is 12.6. The topological polar surface area (TPSA) is 46.2 Å². The third kappa shape index (κ3) is 3.64. The Labute approximate surface area is 55.7 Å². The van der Waals surface area contributed by atoms with Gasteiger partial charge in [-0.05, 0) is 19.8 Å². The van der Waals surface area contributed by atoms with Gasteiger partial charge in [0.2, 0.25) is 0 Å². The van der Waals surface area contributed by atoms with Gasteiger partial charge in [0.05, 0.1) is 0 Å². The van der Waals surface area contributed by atoms with Gasteiger partial charge in [0.1, 0.15) is 5.76 Å². The minimum Gasteiger partial charge on any atom is -0.511 e. The van der Waals surface area contributed by atoms with Crippen molar-refractivity contribution in [1.82, 2.24) is 0 Å². The van der Waals surface area contributed by atoms with Crippen molar-refractivity contribution in [2.24, 2.45) is 5.73 Å². The average Bonchev–Trinajstić information content (AvgIpc) is 1.82. The molecule has 0 fully saturated rings. The summed E-state index contributed by atoms with van der Waals surface area (Å²) in [5.41, 5.74) is 5.94. The Morgan fingerprint density at radius 1 is 1.78 bits per heavy atom. The second-order valence-electron chi connectivity index (χ2n) is 1.94. The van der Waals surface area contributed by atoms with E-state index in [9.17, 15) is 0 Å². The molecule has 0 aliphatic carbocycles. The zero-order valence-electron chi connectivity index (χ0n) is 5.72. The summed E-state index contributed by atoms with van der Waals surface area (Å²) >= 11 is 0. The Kier molecular flexibility index (Phi) is 3.60. The van der Waals surface area contributed by atoms with Crippen LogP contribution in [-0.2, 0) is 0 Å². The predicted octanol–water partition coefficient (Wildman–Crippen LogP) is 1.70. The van der Waals surface area contributed by atoms with Crippen LogP contribution < -0.4 is 5.73 Å². The van der Waals surface area contributed by atoms with E-state index in [1.54, 1.807) is 13.0 Å². The lowest BCUT2D eigenvalue weighted by atomic mass is 10.2. The summed E-state index contributed by atoms with van der Waals surface area (Å²) in [6.45, 7) is 5.11. The fourth-order valence-corrected chi connectivity index (χ4v) is 0.438. The molecule has 0 amide bonds. The Hall–Kier alpha value is -0.920. The molecule has 0 atom stereocenters. The van der Waals surface area contributed by atoms with E-state index in [1.807, 2.05) is 0 Å². The van der Waals surface area contributed by atoms with Gasteiger partial charge in [-0.15, -0.1) is 6.58 Å². The lowest BCUT2D eigenvalue weighted by Crippen LogP contribution is -1.99. The largest absolute Gasteiger partial charge is 0.511 e. The summed E-state index contributed by atoms with van der Waals surface area (Å²) in [5.74, 6) is 0.219. The van der Waals surface area contributed by atoms with Gasteiger partial charge in [-0.2, -0.15) is 0 Å². The first-order chi connectivity index (χ1) is 4.18. The van der Waals surface area contributed by atoms with Gasteiger partial charge < -0.3 is 10.8 Å². The molecule has 0 aromatic carbocycles. The number of aliphatic hydroxyl groups is 1. The molecule has 0 saturated heterocycles. The summed E-state index contributed by atoms with van der Waals surface area (Å²) in [7, 11) is 0. The lowest BCUT2D eigenvalue weighted by Gasteiger charge is -1.97. The molecule has 0 rings (SSSR count). The number of rotatable bonds is 3. The molecule has 2 heteroatoms. The number of aliphatic hydroxyl groups excluding tert-OH is 1. The molecular weight excluding hydrogens is 114 g/mol. The molecule has 9 heavy (non-hydrogen) atoms. The summed E-state index contributed by atoms with van der Waals surface area (Å²) in [6, 6.07) is 0. The van der Waals surface area contributed by atoms with Gasteiger partial charge in [0.15, 0.2) is 0 Å². The SMILES string of the molecule is C=CCC/C(N)=C(\C)O. The van der Waals surface area contributed by atoms with Crippen molar-refractivity contribution in [3.8, 4) is 0 Å². The third-order valence-corrected chi connectivity index (χ3v) is 1.08. The minimum atomic E-state index is 0.219. The smallest absolute Gasteiger partial charge is 0.108 e. The summed E-state index contributed by atoms with van der Waals surface area (Å²) in [4.78, 5) is 0. The highest BCUT2D eigenvalue weighted by Crippen LogP contribution is 2.01. The summed E-state index contributed by atoms with van der Waals surface area (Å²) < 4.78 is 0. The third-order valence-electron chi connectivity index (χ3n) is 1.08. The first-order valence-corrected chi connectivity index (χ1v) is 2.93. The van der Waals surface area contributed by atoms with Gasteiger partial charge in [-0.25, -0.2) is 0 Å². The molecule has 0 heterocycles. The van der Waals surface area contributed by atoms with Crippen LogP contribution in [0.2, 0.25) is 0 Å². The Bertz CT molecular complexity index is 123. The molecule has 0 saturated carbocycles.